The molecule has 0 amide bonds. The zero-order chi connectivity index (χ0) is 14.6. The molecular weight excluding hydrogens is 274 g/mol. The Kier molecular flexibility index (Phi) is 5.18. The first kappa shape index (κ1) is 15.5. The number of nitrogens with one attached hydrogen (secondary N) is 1. The molecule has 1 aliphatic heterocycles. The molecule has 1 saturated heterocycles. The van der Waals surface area contributed by atoms with E-state index in [1.54, 1.807) is 0 Å². The van der Waals surface area contributed by atoms with Gasteiger partial charge in [0.25, 0.3) is 0 Å². The first-order valence-corrected chi connectivity index (χ1v) is 8.84. The van der Waals surface area contributed by atoms with Gasteiger partial charge in [0.05, 0.1) is 18.1 Å². The molecule has 2 rings (SSSR count). The van der Waals surface area contributed by atoms with E-state index in [-0.39, 0.29) is 17.5 Å². The summed E-state index contributed by atoms with van der Waals surface area (Å²) in [5, 5.41) is 3.14. The quantitative estimate of drug-likeness (QED) is 0.865. The summed E-state index contributed by atoms with van der Waals surface area (Å²) in [4.78, 5) is 0. The van der Waals surface area contributed by atoms with Gasteiger partial charge in [0.1, 0.15) is 0 Å². The predicted octanol–water partition coefficient (Wildman–Crippen LogP) is 1.53. The molecule has 0 aliphatic carbocycles. The maximum absolute atomic E-state index is 12.4. The highest BCUT2D eigenvalue weighted by atomic mass is 32.2. The minimum Gasteiger partial charge on any atom is -0.381 e. The number of benzene rings is 1. The molecule has 1 heterocycles. The lowest BCUT2D eigenvalue weighted by Gasteiger charge is -2.21. The largest absolute Gasteiger partial charge is 0.381 e. The van der Waals surface area contributed by atoms with E-state index in [9.17, 15) is 8.42 Å². The molecule has 1 aliphatic rings. The summed E-state index contributed by atoms with van der Waals surface area (Å²) in [6, 6.07) is 7.63. The molecule has 1 fully saturated rings. The number of ether oxygens (including phenoxy) is 1. The molecule has 20 heavy (non-hydrogen) atoms. The van der Waals surface area contributed by atoms with Crippen molar-refractivity contribution in [2.45, 2.75) is 25.1 Å². The fraction of sp³-hybridized carbons (Fsp3) is 0.600. The Labute approximate surface area is 121 Å². The Morgan fingerprint density at radius 2 is 2.15 bits per heavy atom. The normalized spacial score (nSPS) is 21.0. The zero-order valence-electron chi connectivity index (χ0n) is 12.1. The Balaban J connectivity index is 2.04. The van der Waals surface area contributed by atoms with E-state index in [2.05, 4.69) is 5.32 Å². The van der Waals surface area contributed by atoms with E-state index in [1.165, 1.54) is 0 Å². The van der Waals surface area contributed by atoms with Crippen LogP contribution in [0.25, 0.3) is 0 Å². The number of rotatable bonds is 6. The van der Waals surface area contributed by atoms with Gasteiger partial charge >= 0.3 is 0 Å². The minimum atomic E-state index is -3.12. The van der Waals surface area contributed by atoms with E-state index in [0.29, 0.717) is 12.5 Å². The molecule has 2 atom stereocenters. The van der Waals surface area contributed by atoms with Crippen molar-refractivity contribution >= 4 is 9.84 Å². The van der Waals surface area contributed by atoms with Gasteiger partial charge in [-0.3, -0.25) is 0 Å². The Morgan fingerprint density at radius 3 is 2.75 bits per heavy atom. The first-order chi connectivity index (χ1) is 9.52. The molecule has 1 aromatic carbocycles. The molecule has 1 N–H and O–H groups in total. The molecule has 0 saturated carbocycles. The summed E-state index contributed by atoms with van der Waals surface area (Å²) in [5.41, 5.74) is 1.92. The predicted molar refractivity (Wildman–Crippen MR) is 80.4 cm³/mol. The van der Waals surface area contributed by atoms with Gasteiger partial charge < -0.3 is 10.1 Å². The van der Waals surface area contributed by atoms with Crippen molar-refractivity contribution in [1.82, 2.24) is 5.32 Å². The van der Waals surface area contributed by atoms with E-state index < -0.39 is 9.84 Å². The van der Waals surface area contributed by atoms with Crippen molar-refractivity contribution in [2.24, 2.45) is 5.92 Å². The van der Waals surface area contributed by atoms with Gasteiger partial charge in [-0.05, 0) is 31.5 Å². The van der Waals surface area contributed by atoms with Crippen molar-refractivity contribution in [1.29, 1.82) is 0 Å². The van der Waals surface area contributed by atoms with Crippen molar-refractivity contribution in [3.8, 4) is 0 Å². The Hall–Kier alpha value is -0.910. The summed E-state index contributed by atoms with van der Waals surface area (Å²) >= 11 is 0. The molecule has 4 nitrogen and oxygen atoms in total. The van der Waals surface area contributed by atoms with Crippen molar-refractivity contribution < 1.29 is 13.2 Å². The molecule has 0 spiro atoms. The lowest BCUT2D eigenvalue weighted by atomic mass is 10.0. The molecular formula is C15H23NO3S. The minimum absolute atomic E-state index is 0.0217. The molecule has 112 valence electrons. The van der Waals surface area contributed by atoms with Crippen molar-refractivity contribution in [2.75, 3.05) is 26.0 Å². The summed E-state index contributed by atoms with van der Waals surface area (Å²) in [7, 11) is -1.30. The van der Waals surface area contributed by atoms with Crippen LogP contribution in [0.15, 0.2) is 24.3 Å². The van der Waals surface area contributed by atoms with Crippen LogP contribution in [-0.2, 0) is 20.3 Å². The van der Waals surface area contributed by atoms with Gasteiger partial charge in [0.2, 0.25) is 0 Å². The topological polar surface area (TPSA) is 55.4 Å². The number of hydrogen-bond donors (Lipinski definition) is 1. The highest BCUT2D eigenvalue weighted by Crippen LogP contribution is 2.20. The lowest BCUT2D eigenvalue weighted by Crippen LogP contribution is -2.40. The average molecular weight is 297 g/mol. The van der Waals surface area contributed by atoms with Gasteiger partial charge in [0, 0.05) is 18.6 Å². The smallest absolute Gasteiger partial charge is 0.155 e. The molecule has 0 aromatic heterocycles. The standard InChI is InChI=1S/C15H23NO3S/c1-12-5-3-4-6-14(12)10-20(17,18)11-15(16-2)13-7-8-19-9-13/h3-6,13,15-16H,7-11H2,1-2H3. The summed E-state index contributed by atoms with van der Waals surface area (Å²) in [6.45, 7) is 3.34. The third-order valence-electron chi connectivity index (χ3n) is 3.97. The van der Waals surface area contributed by atoms with Gasteiger partial charge in [0.15, 0.2) is 9.84 Å². The third kappa shape index (κ3) is 4.04. The van der Waals surface area contributed by atoms with Crippen LogP contribution in [0.5, 0.6) is 0 Å². The van der Waals surface area contributed by atoms with Crippen LogP contribution in [0, 0.1) is 12.8 Å². The Bertz CT molecular complexity index is 536. The van der Waals surface area contributed by atoms with Gasteiger partial charge in [-0.1, -0.05) is 24.3 Å². The number of aryl methyl sites for hydroxylation is 1. The van der Waals surface area contributed by atoms with Gasteiger partial charge in [-0.15, -0.1) is 0 Å². The van der Waals surface area contributed by atoms with Crippen LogP contribution >= 0.6 is 0 Å². The van der Waals surface area contributed by atoms with Crippen LogP contribution in [-0.4, -0.2) is 40.5 Å². The van der Waals surface area contributed by atoms with E-state index in [1.807, 2.05) is 38.2 Å². The van der Waals surface area contributed by atoms with E-state index >= 15 is 0 Å². The molecule has 0 bridgehead atoms. The van der Waals surface area contributed by atoms with E-state index in [0.717, 1.165) is 24.2 Å². The highest BCUT2D eigenvalue weighted by molar-refractivity contribution is 7.90. The molecule has 1 aromatic rings. The van der Waals surface area contributed by atoms with Crippen LogP contribution in [0.3, 0.4) is 0 Å². The van der Waals surface area contributed by atoms with Crippen molar-refractivity contribution in [3.05, 3.63) is 35.4 Å². The van der Waals surface area contributed by atoms with Crippen LogP contribution in [0.2, 0.25) is 0 Å². The molecule has 0 radical (unpaired) electrons. The first-order valence-electron chi connectivity index (χ1n) is 7.02. The summed E-state index contributed by atoms with van der Waals surface area (Å²) in [6.07, 6.45) is 0.936. The van der Waals surface area contributed by atoms with Gasteiger partial charge in [-0.2, -0.15) is 0 Å². The molecule has 2 unspecified atom stereocenters. The van der Waals surface area contributed by atoms with Gasteiger partial charge in [-0.25, -0.2) is 8.42 Å². The van der Waals surface area contributed by atoms with Crippen LogP contribution in [0.1, 0.15) is 17.5 Å². The zero-order valence-corrected chi connectivity index (χ0v) is 12.9. The molecule has 5 heteroatoms. The second-order valence-corrected chi connectivity index (χ2v) is 7.61. The fourth-order valence-electron chi connectivity index (χ4n) is 2.67. The maximum atomic E-state index is 12.4. The summed E-state index contributed by atoms with van der Waals surface area (Å²) < 4.78 is 30.2. The number of sulfone groups is 1. The van der Waals surface area contributed by atoms with Crippen LogP contribution < -0.4 is 5.32 Å². The average Bonchev–Trinajstić information content (AvgIpc) is 2.92. The maximum Gasteiger partial charge on any atom is 0.155 e. The monoisotopic (exact) mass is 297 g/mol. The van der Waals surface area contributed by atoms with Crippen LogP contribution in [0.4, 0.5) is 0 Å². The third-order valence-corrected chi connectivity index (χ3v) is 5.59. The van der Waals surface area contributed by atoms with Crippen molar-refractivity contribution in [3.63, 3.8) is 0 Å². The lowest BCUT2D eigenvalue weighted by molar-refractivity contribution is 0.179. The second-order valence-electron chi connectivity index (χ2n) is 5.50. The number of hydrogen-bond acceptors (Lipinski definition) is 4. The highest BCUT2D eigenvalue weighted by Gasteiger charge is 2.29. The SMILES string of the molecule is CNC(CS(=O)(=O)Cc1ccccc1C)C1CCOC1. The Morgan fingerprint density at radius 1 is 1.40 bits per heavy atom. The summed E-state index contributed by atoms with van der Waals surface area (Å²) in [5.74, 6) is 0.587. The fourth-order valence-corrected chi connectivity index (χ4v) is 4.57. The van der Waals surface area contributed by atoms with E-state index in [4.69, 9.17) is 4.74 Å². The second kappa shape index (κ2) is 6.70.